The molecule has 0 bridgehead atoms. The molecule has 0 radical (unpaired) electrons. The third-order valence-corrected chi connectivity index (χ3v) is 3.82. The van der Waals surface area contributed by atoms with Crippen molar-refractivity contribution in [3.63, 3.8) is 0 Å². The second-order valence-electron chi connectivity index (χ2n) is 4.88. The van der Waals surface area contributed by atoms with Gasteiger partial charge in [0.05, 0.1) is 4.92 Å². The van der Waals surface area contributed by atoms with Crippen LogP contribution in [0.2, 0.25) is 0 Å². The lowest BCUT2D eigenvalue weighted by molar-refractivity contribution is -0.384. The SMILES string of the molecule is Cn1c(C(=O)Cl)c(-c2ccccc2)c2cc([N+](=O)[O-])ccc21. The molecule has 0 aliphatic rings. The number of hydrogen-bond donors (Lipinski definition) is 0. The zero-order valence-electron chi connectivity index (χ0n) is 11.6. The van der Waals surface area contributed by atoms with Gasteiger partial charge in [-0.05, 0) is 23.2 Å². The van der Waals surface area contributed by atoms with Crippen LogP contribution in [0.4, 0.5) is 5.69 Å². The van der Waals surface area contributed by atoms with E-state index < -0.39 is 10.2 Å². The van der Waals surface area contributed by atoms with Gasteiger partial charge in [-0.1, -0.05) is 30.3 Å². The van der Waals surface area contributed by atoms with Crippen LogP contribution in [0.1, 0.15) is 10.5 Å². The summed E-state index contributed by atoms with van der Waals surface area (Å²) in [5.74, 6) is 0. The fourth-order valence-corrected chi connectivity index (χ4v) is 2.89. The molecular weight excluding hydrogens is 304 g/mol. The van der Waals surface area contributed by atoms with E-state index in [9.17, 15) is 14.9 Å². The standard InChI is InChI=1S/C16H11ClN2O3/c1-18-13-8-7-11(19(21)22)9-12(13)14(15(18)16(17)20)10-5-3-2-4-6-10/h2-9H,1H3. The van der Waals surface area contributed by atoms with Gasteiger partial charge in [0, 0.05) is 35.6 Å². The van der Waals surface area contributed by atoms with Gasteiger partial charge in [-0.3, -0.25) is 14.9 Å². The Balaban J connectivity index is 2.45. The number of rotatable bonds is 3. The van der Waals surface area contributed by atoms with E-state index in [4.69, 9.17) is 11.6 Å². The molecule has 3 aromatic rings. The molecule has 6 heteroatoms. The molecule has 0 unspecified atom stereocenters. The lowest BCUT2D eigenvalue weighted by atomic mass is 10.0. The summed E-state index contributed by atoms with van der Waals surface area (Å²) >= 11 is 5.74. The predicted octanol–water partition coefficient (Wildman–Crippen LogP) is 4.13. The van der Waals surface area contributed by atoms with Gasteiger partial charge >= 0.3 is 0 Å². The maximum atomic E-state index is 11.9. The molecule has 0 spiro atoms. The van der Waals surface area contributed by atoms with Crippen LogP contribution in [-0.4, -0.2) is 14.7 Å². The van der Waals surface area contributed by atoms with Crippen molar-refractivity contribution in [2.45, 2.75) is 0 Å². The van der Waals surface area contributed by atoms with Crippen LogP contribution in [0.25, 0.3) is 22.0 Å². The Kier molecular flexibility index (Phi) is 3.42. The van der Waals surface area contributed by atoms with Gasteiger partial charge in [-0.2, -0.15) is 0 Å². The average molecular weight is 315 g/mol. The monoisotopic (exact) mass is 314 g/mol. The highest BCUT2D eigenvalue weighted by Crippen LogP contribution is 2.36. The van der Waals surface area contributed by atoms with Crippen molar-refractivity contribution < 1.29 is 9.72 Å². The molecule has 0 saturated heterocycles. The molecule has 0 fully saturated rings. The first kappa shape index (κ1) is 14.3. The van der Waals surface area contributed by atoms with Gasteiger partial charge in [-0.15, -0.1) is 0 Å². The van der Waals surface area contributed by atoms with E-state index >= 15 is 0 Å². The molecule has 2 aromatic carbocycles. The normalized spacial score (nSPS) is 10.8. The van der Waals surface area contributed by atoms with Gasteiger partial charge in [0.1, 0.15) is 5.69 Å². The van der Waals surface area contributed by atoms with Crippen LogP contribution in [-0.2, 0) is 7.05 Å². The van der Waals surface area contributed by atoms with Gasteiger partial charge in [0.15, 0.2) is 0 Å². The van der Waals surface area contributed by atoms with Crippen molar-refractivity contribution in [2.75, 3.05) is 0 Å². The van der Waals surface area contributed by atoms with Crippen molar-refractivity contribution >= 4 is 33.4 Å². The van der Waals surface area contributed by atoms with Gasteiger partial charge in [-0.25, -0.2) is 0 Å². The number of halogens is 1. The number of non-ortho nitro benzene ring substituents is 1. The second kappa shape index (κ2) is 5.27. The fraction of sp³-hybridized carbons (Fsp3) is 0.0625. The number of carbonyl (C=O) groups excluding carboxylic acids is 1. The molecule has 1 heterocycles. The van der Waals surface area contributed by atoms with Crippen molar-refractivity contribution in [3.8, 4) is 11.1 Å². The van der Waals surface area contributed by atoms with Crippen molar-refractivity contribution in [2.24, 2.45) is 7.05 Å². The summed E-state index contributed by atoms with van der Waals surface area (Å²) in [6, 6.07) is 13.7. The van der Waals surface area contributed by atoms with E-state index in [0.717, 1.165) is 5.56 Å². The summed E-state index contributed by atoms with van der Waals surface area (Å²) in [4.78, 5) is 22.4. The zero-order chi connectivity index (χ0) is 15.9. The van der Waals surface area contributed by atoms with Gasteiger partial charge < -0.3 is 4.57 Å². The highest BCUT2D eigenvalue weighted by Gasteiger charge is 2.22. The number of aryl methyl sites for hydroxylation is 1. The van der Waals surface area contributed by atoms with E-state index in [2.05, 4.69) is 0 Å². The molecule has 0 amide bonds. The van der Waals surface area contributed by atoms with Crippen LogP contribution >= 0.6 is 11.6 Å². The Hall–Kier alpha value is -2.66. The smallest absolute Gasteiger partial charge is 0.270 e. The van der Waals surface area contributed by atoms with Crippen LogP contribution in [0.15, 0.2) is 48.5 Å². The summed E-state index contributed by atoms with van der Waals surface area (Å²) in [5.41, 5.74) is 2.42. The first-order valence-corrected chi connectivity index (χ1v) is 6.90. The van der Waals surface area contributed by atoms with Crippen molar-refractivity contribution in [1.29, 1.82) is 0 Å². The van der Waals surface area contributed by atoms with Gasteiger partial charge in [0.25, 0.3) is 10.9 Å². The molecular formula is C16H11ClN2O3. The predicted molar refractivity (Wildman–Crippen MR) is 85.2 cm³/mol. The van der Waals surface area contributed by atoms with E-state index in [1.807, 2.05) is 30.3 Å². The first-order chi connectivity index (χ1) is 10.5. The number of carbonyl (C=O) groups is 1. The van der Waals surface area contributed by atoms with Crippen molar-refractivity contribution in [3.05, 3.63) is 64.3 Å². The van der Waals surface area contributed by atoms with E-state index in [1.165, 1.54) is 12.1 Å². The average Bonchev–Trinajstić information content (AvgIpc) is 2.80. The number of fused-ring (bicyclic) bond motifs is 1. The molecule has 0 saturated carbocycles. The minimum absolute atomic E-state index is 0.0242. The third-order valence-electron chi connectivity index (χ3n) is 3.64. The van der Waals surface area contributed by atoms with E-state index in [1.54, 1.807) is 17.7 Å². The summed E-state index contributed by atoms with van der Waals surface area (Å²) in [7, 11) is 1.72. The molecule has 0 aliphatic carbocycles. The molecule has 110 valence electrons. The van der Waals surface area contributed by atoms with E-state index in [0.29, 0.717) is 22.2 Å². The number of nitrogens with zero attached hydrogens (tertiary/aromatic N) is 2. The number of hydrogen-bond acceptors (Lipinski definition) is 3. The fourth-order valence-electron chi connectivity index (χ4n) is 2.67. The molecule has 3 rings (SSSR count). The summed E-state index contributed by atoms with van der Waals surface area (Å²) in [6.45, 7) is 0. The Morgan fingerprint density at radius 1 is 1.18 bits per heavy atom. The number of nitro groups is 1. The Morgan fingerprint density at radius 2 is 1.86 bits per heavy atom. The zero-order valence-corrected chi connectivity index (χ0v) is 12.4. The number of aromatic nitrogens is 1. The highest BCUT2D eigenvalue weighted by molar-refractivity contribution is 6.68. The molecule has 0 atom stereocenters. The summed E-state index contributed by atoms with van der Waals surface area (Å²) < 4.78 is 1.66. The topological polar surface area (TPSA) is 65.1 Å². The lowest BCUT2D eigenvalue weighted by Crippen LogP contribution is -2.00. The van der Waals surface area contributed by atoms with E-state index in [-0.39, 0.29) is 5.69 Å². The van der Waals surface area contributed by atoms with Crippen LogP contribution in [0.5, 0.6) is 0 Å². The molecule has 1 aromatic heterocycles. The Labute approximate surface area is 130 Å². The third kappa shape index (κ3) is 2.16. The molecule has 0 N–H and O–H groups in total. The largest absolute Gasteiger partial charge is 0.340 e. The second-order valence-corrected chi connectivity index (χ2v) is 5.22. The van der Waals surface area contributed by atoms with Gasteiger partial charge in [0.2, 0.25) is 0 Å². The number of nitro benzene ring substituents is 1. The molecule has 22 heavy (non-hydrogen) atoms. The minimum atomic E-state index is -0.597. The van der Waals surface area contributed by atoms with Crippen LogP contribution in [0.3, 0.4) is 0 Å². The number of benzene rings is 2. The Morgan fingerprint density at radius 3 is 2.45 bits per heavy atom. The van der Waals surface area contributed by atoms with Crippen LogP contribution < -0.4 is 0 Å². The summed E-state index contributed by atoms with van der Waals surface area (Å²) in [5, 5.41) is 11.1. The maximum Gasteiger partial charge on any atom is 0.270 e. The van der Waals surface area contributed by atoms with Crippen molar-refractivity contribution in [1.82, 2.24) is 4.57 Å². The minimum Gasteiger partial charge on any atom is -0.340 e. The highest BCUT2D eigenvalue weighted by atomic mass is 35.5. The molecule has 5 nitrogen and oxygen atoms in total. The quantitative estimate of drug-likeness (QED) is 0.415. The Bertz CT molecular complexity index is 901. The first-order valence-electron chi connectivity index (χ1n) is 6.53. The lowest BCUT2D eigenvalue weighted by Gasteiger charge is -2.03. The summed E-state index contributed by atoms with van der Waals surface area (Å²) in [6.07, 6.45) is 0. The van der Waals surface area contributed by atoms with Crippen LogP contribution in [0, 0.1) is 10.1 Å². The molecule has 0 aliphatic heterocycles. The maximum absolute atomic E-state index is 11.9.